The number of nitrogens with one attached hydrogen (secondary N) is 3. The SMILES string of the molecule is CC(C)c1cc(Nc2nc(N3CCC[C@H]3C(=O)Nc3ccc(F)nc3)nc3c2CCCC3)n[nH]1. The fourth-order valence-corrected chi connectivity index (χ4v) is 4.58. The van der Waals surface area contributed by atoms with Crippen molar-refractivity contribution in [3.8, 4) is 0 Å². The molecule has 0 aromatic carbocycles. The number of hydrogen-bond donors (Lipinski definition) is 3. The lowest BCUT2D eigenvalue weighted by atomic mass is 9.96. The van der Waals surface area contributed by atoms with Crippen molar-refractivity contribution in [1.82, 2.24) is 25.1 Å². The van der Waals surface area contributed by atoms with Crippen LogP contribution in [0.4, 0.5) is 27.7 Å². The van der Waals surface area contributed by atoms with E-state index in [0.717, 1.165) is 60.7 Å². The van der Waals surface area contributed by atoms with E-state index in [9.17, 15) is 9.18 Å². The second kappa shape index (κ2) is 9.36. The summed E-state index contributed by atoms with van der Waals surface area (Å²) in [6, 6.07) is 4.33. The lowest BCUT2D eigenvalue weighted by Gasteiger charge is -2.27. The van der Waals surface area contributed by atoms with Crippen molar-refractivity contribution < 1.29 is 9.18 Å². The first-order chi connectivity index (χ1) is 16.5. The fraction of sp³-hybridized carbons (Fsp3) is 0.458. The smallest absolute Gasteiger partial charge is 0.247 e. The highest BCUT2D eigenvalue weighted by Gasteiger charge is 2.34. The van der Waals surface area contributed by atoms with E-state index in [4.69, 9.17) is 9.97 Å². The number of H-pyrrole nitrogens is 1. The molecule has 5 rings (SSSR count). The molecule has 0 unspecified atom stereocenters. The van der Waals surface area contributed by atoms with Gasteiger partial charge in [-0.3, -0.25) is 9.89 Å². The minimum absolute atomic E-state index is 0.171. The van der Waals surface area contributed by atoms with Gasteiger partial charge in [0.2, 0.25) is 17.8 Å². The van der Waals surface area contributed by atoms with Crippen LogP contribution < -0.4 is 15.5 Å². The van der Waals surface area contributed by atoms with Crippen molar-refractivity contribution in [2.75, 3.05) is 22.1 Å². The molecular formula is C24H29FN8O. The zero-order chi connectivity index (χ0) is 23.7. The summed E-state index contributed by atoms with van der Waals surface area (Å²) in [4.78, 5) is 28.4. The van der Waals surface area contributed by atoms with Gasteiger partial charge in [-0.1, -0.05) is 13.8 Å². The van der Waals surface area contributed by atoms with Gasteiger partial charge in [0.05, 0.1) is 17.6 Å². The molecule has 0 spiro atoms. The molecule has 1 fully saturated rings. The lowest BCUT2D eigenvalue weighted by Crippen LogP contribution is -2.41. The molecule has 0 bridgehead atoms. The van der Waals surface area contributed by atoms with E-state index in [1.54, 1.807) is 0 Å². The number of rotatable bonds is 6. The number of halogens is 1. The van der Waals surface area contributed by atoms with Crippen LogP contribution in [0.1, 0.15) is 62.4 Å². The quantitative estimate of drug-likeness (QED) is 0.471. The molecule has 1 aliphatic heterocycles. The van der Waals surface area contributed by atoms with E-state index in [0.29, 0.717) is 30.5 Å². The van der Waals surface area contributed by atoms with Crippen LogP contribution in [-0.4, -0.2) is 43.6 Å². The van der Waals surface area contributed by atoms with Crippen LogP contribution in [0.3, 0.4) is 0 Å². The monoisotopic (exact) mass is 464 g/mol. The molecule has 0 saturated carbocycles. The van der Waals surface area contributed by atoms with E-state index in [-0.39, 0.29) is 5.91 Å². The minimum Gasteiger partial charge on any atom is -0.329 e. The molecule has 34 heavy (non-hydrogen) atoms. The highest BCUT2D eigenvalue weighted by Crippen LogP contribution is 2.32. The molecule has 1 atom stereocenters. The second-order valence-electron chi connectivity index (χ2n) is 9.20. The van der Waals surface area contributed by atoms with Gasteiger partial charge in [0, 0.05) is 23.9 Å². The third kappa shape index (κ3) is 4.57. The number of aryl methyl sites for hydroxylation is 1. The number of aromatic nitrogens is 5. The number of amides is 1. The number of nitrogens with zero attached hydrogens (tertiary/aromatic N) is 5. The zero-order valence-corrected chi connectivity index (χ0v) is 19.4. The third-order valence-electron chi connectivity index (χ3n) is 6.44. The highest BCUT2D eigenvalue weighted by molar-refractivity contribution is 5.96. The van der Waals surface area contributed by atoms with Crippen molar-refractivity contribution in [3.05, 3.63) is 47.3 Å². The molecule has 1 saturated heterocycles. The summed E-state index contributed by atoms with van der Waals surface area (Å²) >= 11 is 0. The number of carbonyl (C=O) groups is 1. The Bertz CT molecular complexity index is 1180. The van der Waals surface area contributed by atoms with Crippen molar-refractivity contribution in [2.24, 2.45) is 0 Å². The van der Waals surface area contributed by atoms with Crippen LogP contribution in [0.15, 0.2) is 24.4 Å². The number of fused-ring (bicyclic) bond motifs is 1. The summed E-state index contributed by atoms with van der Waals surface area (Å²) in [7, 11) is 0. The Morgan fingerprint density at radius 3 is 2.82 bits per heavy atom. The van der Waals surface area contributed by atoms with Gasteiger partial charge in [-0.05, 0) is 56.6 Å². The maximum atomic E-state index is 13.1. The maximum Gasteiger partial charge on any atom is 0.247 e. The second-order valence-corrected chi connectivity index (χ2v) is 9.20. The molecule has 0 radical (unpaired) electrons. The van der Waals surface area contributed by atoms with Crippen LogP contribution in [0, 0.1) is 5.95 Å². The number of hydrogen-bond acceptors (Lipinski definition) is 7. The van der Waals surface area contributed by atoms with Gasteiger partial charge in [-0.25, -0.2) is 9.97 Å². The molecule has 4 heterocycles. The normalized spacial score (nSPS) is 17.6. The molecule has 3 N–H and O–H groups in total. The summed E-state index contributed by atoms with van der Waals surface area (Å²) in [5, 5.41) is 13.7. The minimum atomic E-state index is -0.583. The van der Waals surface area contributed by atoms with Gasteiger partial charge in [0.15, 0.2) is 5.82 Å². The standard InChI is InChI=1S/C24H29FN8O/c1-14(2)18-12-21(32-31-18)29-22-16-6-3-4-7-17(16)28-24(30-22)33-11-5-8-19(33)23(34)27-15-9-10-20(25)26-13-15/h9-10,12-14,19H,3-8,11H2,1-2H3,(H,27,34)(H2,28,29,30,31,32)/t19-/m0/s1. The average Bonchev–Trinajstić information content (AvgIpc) is 3.51. The van der Waals surface area contributed by atoms with Gasteiger partial charge >= 0.3 is 0 Å². The average molecular weight is 465 g/mol. The van der Waals surface area contributed by atoms with Crippen LogP contribution in [0.5, 0.6) is 0 Å². The van der Waals surface area contributed by atoms with Crippen LogP contribution in [-0.2, 0) is 17.6 Å². The van der Waals surface area contributed by atoms with Crippen LogP contribution >= 0.6 is 0 Å². The number of carbonyl (C=O) groups excluding carboxylic acids is 1. The summed E-state index contributed by atoms with van der Waals surface area (Å²) in [5.41, 5.74) is 3.68. The summed E-state index contributed by atoms with van der Waals surface area (Å²) in [6.07, 6.45) is 6.87. The maximum absolute atomic E-state index is 13.1. The van der Waals surface area contributed by atoms with E-state index in [1.807, 2.05) is 11.0 Å². The van der Waals surface area contributed by atoms with Crippen molar-refractivity contribution >= 4 is 29.2 Å². The first kappa shape index (κ1) is 22.2. The Labute approximate surface area is 197 Å². The van der Waals surface area contributed by atoms with E-state index in [2.05, 4.69) is 39.7 Å². The fourth-order valence-electron chi connectivity index (χ4n) is 4.58. The molecular weight excluding hydrogens is 435 g/mol. The summed E-state index contributed by atoms with van der Waals surface area (Å²) < 4.78 is 13.1. The Balaban J connectivity index is 1.42. The molecule has 2 aliphatic rings. The Kier molecular flexibility index (Phi) is 6.12. The van der Waals surface area contributed by atoms with E-state index < -0.39 is 12.0 Å². The van der Waals surface area contributed by atoms with Crippen LogP contribution in [0.2, 0.25) is 0 Å². The molecule has 1 aliphatic carbocycles. The van der Waals surface area contributed by atoms with Crippen molar-refractivity contribution in [1.29, 1.82) is 0 Å². The molecule has 10 heteroatoms. The van der Waals surface area contributed by atoms with Gasteiger partial charge in [-0.15, -0.1) is 0 Å². The van der Waals surface area contributed by atoms with Gasteiger partial charge < -0.3 is 15.5 Å². The van der Waals surface area contributed by atoms with Crippen molar-refractivity contribution in [3.63, 3.8) is 0 Å². The van der Waals surface area contributed by atoms with E-state index >= 15 is 0 Å². The predicted molar refractivity (Wildman–Crippen MR) is 128 cm³/mol. The lowest BCUT2D eigenvalue weighted by molar-refractivity contribution is -0.117. The molecule has 178 valence electrons. The van der Waals surface area contributed by atoms with Crippen molar-refractivity contribution in [2.45, 2.75) is 64.3 Å². The molecule has 3 aromatic heterocycles. The first-order valence-electron chi connectivity index (χ1n) is 11.9. The highest BCUT2D eigenvalue weighted by atomic mass is 19.1. The Morgan fingerprint density at radius 2 is 2.06 bits per heavy atom. The van der Waals surface area contributed by atoms with E-state index in [1.165, 1.54) is 18.3 Å². The Morgan fingerprint density at radius 1 is 1.21 bits per heavy atom. The summed E-state index contributed by atoms with van der Waals surface area (Å²) in [5.74, 6) is 1.63. The zero-order valence-electron chi connectivity index (χ0n) is 19.4. The summed E-state index contributed by atoms with van der Waals surface area (Å²) in [6.45, 7) is 4.92. The topological polar surface area (TPSA) is 112 Å². The number of aromatic amines is 1. The first-order valence-corrected chi connectivity index (χ1v) is 11.9. The molecule has 1 amide bonds. The number of pyridine rings is 1. The van der Waals surface area contributed by atoms with Gasteiger partial charge in [-0.2, -0.15) is 14.5 Å². The molecule has 3 aromatic rings. The number of anilines is 4. The van der Waals surface area contributed by atoms with Crippen LogP contribution in [0.25, 0.3) is 0 Å². The van der Waals surface area contributed by atoms with Gasteiger partial charge in [0.1, 0.15) is 11.9 Å². The largest absolute Gasteiger partial charge is 0.329 e. The third-order valence-corrected chi connectivity index (χ3v) is 6.44. The molecule has 9 nitrogen and oxygen atoms in total. The predicted octanol–water partition coefficient (Wildman–Crippen LogP) is 4.09. The Hall–Kier alpha value is -3.56. The van der Waals surface area contributed by atoms with Gasteiger partial charge in [0.25, 0.3) is 0 Å².